The number of hydrogen-bond acceptors (Lipinski definition) is 7. The number of rotatable bonds is 8. The Morgan fingerprint density at radius 3 is 2.72 bits per heavy atom. The van der Waals surface area contributed by atoms with Gasteiger partial charge in [0, 0.05) is 53.6 Å². The molecule has 1 aliphatic heterocycles. The van der Waals surface area contributed by atoms with Crippen molar-refractivity contribution in [3.05, 3.63) is 40.8 Å². The number of nitrogens with zero attached hydrogens (tertiary/aromatic N) is 6. The van der Waals surface area contributed by atoms with E-state index in [0.717, 1.165) is 35.8 Å². The SMILES string of the molecule is Cc1ccc2[nH]ncc2c1-c1c(Cl)cc2c(N3C[C@@H](C)N(C=O)C[C@@H]3C)nc(OCCCN(C)C)nc2c1F. The molecule has 0 unspecified atom stereocenters. The maximum atomic E-state index is 16.6. The summed E-state index contributed by atoms with van der Waals surface area (Å²) in [5.74, 6) is 0.00132. The molecule has 3 heterocycles. The monoisotopic (exact) mass is 553 g/mol. The van der Waals surface area contributed by atoms with Crippen LogP contribution in [0.4, 0.5) is 10.2 Å². The Morgan fingerprint density at radius 1 is 1.18 bits per heavy atom. The number of halogens is 2. The molecule has 206 valence electrons. The smallest absolute Gasteiger partial charge is 0.319 e. The Hall–Kier alpha value is -3.50. The lowest BCUT2D eigenvalue weighted by Crippen LogP contribution is -2.56. The molecule has 0 aliphatic carbocycles. The number of carbonyl (C=O) groups is 1. The Kier molecular flexibility index (Phi) is 7.59. The van der Waals surface area contributed by atoms with Crippen molar-refractivity contribution in [1.82, 2.24) is 30.0 Å². The van der Waals surface area contributed by atoms with Gasteiger partial charge in [0.15, 0.2) is 5.82 Å². The average Bonchev–Trinajstić information content (AvgIpc) is 3.38. The number of aryl methyl sites for hydroxylation is 1. The molecule has 5 rings (SSSR count). The van der Waals surface area contributed by atoms with Crippen LogP contribution in [0, 0.1) is 12.7 Å². The second kappa shape index (κ2) is 10.9. The number of ether oxygens (including phenoxy) is 1. The van der Waals surface area contributed by atoms with Gasteiger partial charge in [-0.15, -0.1) is 0 Å². The zero-order chi connectivity index (χ0) is 27.8. The summed E-state index contributed by atoms with van der Waals surface area (Å²) in [6.45, 7) is 8.19. The minimum atomic E-state index is -0.539. The third-order valence-electron chi connectivity index (χ3n) is 7.35. The zero-order valence-electron chi connectivity index (χ0n) is 22.8. The number of piperazine rings is 1. The Labute approximate surface area is 231 Å². The number of H-pyrrole nitrogens is 1. The molecule has 2 aromatic heterocycles. The highest BCUT2D eigenvalue weighted by Gasteiger charge is 2.32. The van der Waals surface area contributed by atoms with Gasteiger partial charge in [-0.25, -0.2) is 4.39 Å². The molecule has 0 spiro atoms. The summed E-state index contributed by atoms with van der Waals surface area (Å²) in [7, 11) is 3.99. The first kappa shape index (κ1) is 27.1. The second-order valence-corrected chi connectivity index (χ2v) is 10.9. The summed E-state index contributed by atoms with van der Waals surface area (Å²) in [5.41, 5.74) is 2.73. The first-order valence-electron chi connectivity index (χ1n) is 13.1. The van der Waals surface area contributed by atoms with Crippen molar-refractivity contribution >= 4 is 45.6 Å². The van der Waals surface area contributed by atoms with Crippen molar-refractivity contribution in [3.63, 3.8) is 0 Å². The Bertz CT molecular complexity index is 1530. The highest BCUT2D eigenvalue weighted by atomic mass is 35.5. The minimum Gasteiger partial charge on any atom is -0.463 e. The van der Waals surface area contributed by atoms with E-state index in [-0.39, 0.29) is 34.2 Å². The van der Waals surface area contributed by atoms with E-state index in [9.17, 15) is 4.79 Å². The minimum absolute atomic E-state index is 0.0471. The fourth-order valence-corrected chi connectivity index (χ4v) is 5.56. The zero-order valence-corrected chi connectivity index (χ0v) is 23.6. The number of carbonyl (C=O) groups excluding carboxylic acids is 1. The summed E-state index contributed by atoms with van der Waals surface area (Å²) in [6, 6.07) is 5.57. The topological polar surface area (TPSA) is 90.5 Å². The summed E-state index contributed by atoms with van der Waals surface area (Å²) >= 11 is 6.84. The van der Waals surface area contributed by atoms with Gasteiger partial charge < -0.3 is 19.4 Å². The maximum Gasteiger partial charge on any atom is 0.319 e. The molecule has 1 saturated heterocycles. The van der Waals surface area contributed by atoms with Gasteiger partial charge in [0.2, 0.25) is 6.41 Å². The van der Waals surface area contributed by atoms with E-state index in [0.29, 0.717) is 36.5 Å². The maximum absolute atomic E-state index is 16.6. The average molecular weight is 554 g/mol. The van der Waals surface area contributed by atoms with Crippen molar-refractivity contribution in [3.8, 4) is 17.1 Å². The molecular formula is C28H33ClFN7O2. The van der Waals surface area contributed by atoms with Gasteiger partial charge in [-0.3, -0.25) is 9.89 Å². The number of nitrogens with one attached hydrogen (secondary N) is 1. The molecule has 4 aromatic rings. The van der Waals surface area contributed by atoms with Gasteiger partial charge >= 0.3 is 6.01 Å². The van der Waals surface area contributed by atoms with E-state index in [4.69, 9.17) is 21.3 Å². The fourth-order valence-electron chi connectivity index (χ4n) is 5.27. The van der Waals surface area contributed by atoms with Crippen LogP contribution in [-0.2, 0) is 4.79 Å². The molecular weight excluding hydrogens is 521 g/mol. The Morgan fingerprint density at radius 2 is 1.97 bits per heavy atom. The van der Waals surface area contributed by atoms with Crippen LogP contribution in [0.25, 0.3) is 32.9 Å². The number of fused-ring (bicyclic) bond motifs is 2. The molecule has 1 aliphatic rings. The Balaban J connectivity index is 1.68. The van der Waals surface area contributed by atoms with Crippen LogP contribution in [0.2, 0.25) is 5.02 Å². The number of anilines is 1. The van der Waals surface area contributed by atoms with Crippen molar-refractivity contribution in [1.29, 1.82) is 0 Å². The number of hydrogen-bond donors (Lipinski definition) is 1. The summed E-state index contributed by atoms with van der Waals surface area (Å²) in [5, 5.41) is 8.63. The van der Waals surface area contributed by atoms with Crippen molar-refractivity contribution < 1.29 is 13.9 Å². The lowest BCUT2D eigenvalue weighted by atomic mass is 9.95. The molecule has 39 heavy (non-hydrogen) atoms. The summed E-state index contributed by atoms with van der Waals surface area (Å²) in [4.78, 5) is 26.8. The number of aromatic nitrogens is 4. The highest BCUT2D eigenvalue weighted by Crippen LogP contribution is 2.42. The second-order valence-electron chi connectivity index (χ2n) is 10.5. The van der Waals surface area contributed by atoms with Crippen LogP contribution < -0.4 is 9.64 Å². The predicted octanol–water partition coefficient (Wildman–Crippen LogP) is 4.66. The van der Waals surface area contributed by atoms with E-state index in [1.807, 2.05) is 47.0 Å². The van der Waals surface area contributed by atoms with Crippen molar-refractivity contribution in [2.45, 2.75) is 39.3 Å². The van der Waals surface area contributed by atoms with E-state index < -0.39 is 5.82 Å². The largest absolute Gasteiger partial charge is 0.463 e. The van der Waals surface area contributed by atoms with Gasteiger partial charge in [-0.1, -0.05) is 17.7 Å². The lowest BCUT2D eigenvalue weighted by Gasteiger charge is -2.43. The predicted molar refractivity (Wildman–Crippen MR) is 152 cm³/mol. The van der Waals surface area contributed by atoms with Crippen molar-refractivity contribution in [2.75, 3.05) is 45.2 Å². The van der Waals surface area contributed by atoms with Crippen LogP contribution in [0.1, 0.15) is 25.8 Å². The van der Waals surface area contributed by atoms with E-state index >= 15 is 4.39 Å². The first-order chi connectivity index (χ1) is 18.7. The van der Waals surface area contributed by atoms with Crippen LogP contribution >= 0.6 is 11.6 Å². The van der Waals surface area contributed by atoms with Crippen LogP contribution in [0.3, 0.4) is 0 Å². The standard InChI is InChI=1S/C28H33ClFN7O2/c1-16-7-8-22-20(12-31-34-22)23(16)24-21(29)11-19-26(25(24)30)32-28(39-10-6-9-35(4)5)33-27(19)37-14-17(2)36(15-38)13-18(37)3/h7-8,11-12,15,17-18H,6,9-10,13-14H2,1-5H3,(H,31,34)/t17-,18+/m1/s1. The normalized spacial score (nSPS) is 17.9. The number of aromatic amines is 1. The third-order valence-corrected chi connectivity index (χ3v) is 7.65. The molecule has 0 radical (unpaired) electrons. The molecule has 1 fully saturated rings. The van der Waals surface area contributed by atoms with Crippen LogP contribution in [0.5, 0.6) is 6.01 Å². The van der Waals surface area contributed by atoms with Gasteiger partial charge in [-0.05, 0) is 59.0 Å². The van der Waals surface area contributed by atoms with Gasteiger partial charge in [0.05, 0.1) is 23.3 Å². The molecule has 11 heteroatoms. The summed E-state index contributed by atoms with van der Waals surface area (Å²) < 4.78 is 22.6. The van der Waals surface area contributed by atoms with E-state index in [1.165, 1.54) is 0 Å². The molecule has 0 saturated carbocycles. The molecule has 2 aromatic carbocycles. The van der Waals surface area contributed by atoms with Crippen molar-refractivity contribution in [2.24, 2.45) is 0 Å². The molecule has 9 nitrogen and oxygen atoms in total. The molecule has 0 bridgehead atoms. The number of amides is 1. The van der Waals surface area contributed by atoms with Crippen LogP contribution in [-0.4, -0.2) is 88.8 Å². The quantitative estimate of drug-likeness (QED) is 0.251. The summed E-state index contributed by atoms with van der Waals surface area (Å²) in [6.07, 6.45) is 3.32. The fraction of sp³-hybridized carbons (Fsp3) is 0.429. The first-order valence-corrected chi connectivity index (χ1v) is 13.4. The van der Waals surface area contributed by atoms with Gasteiger partial charge in [0.1, 0.15) is 11.3 Å². The molecule has 1 N–H and O–H groups in total. The van der Waals surface area contributed by atoms with E-state index in [1.54, 1.807) is 17.2 Å². The highest BCUT2D eigenvalue weighted by molar-refractivity contribution is 6.35. The van der Waals surface area contributed by atoms with Gasteiger partial charge in [0.25, 0.3) is 0 Å². The molecule has 1 amide bonds. The molecule has 2 atom stereocenters. The lowest BCUT2D eigenvalue weighted by molar-refractivity contribution is -0.120. The van der Waals surface area contributed by atoms with E-state index in [2.05, 4.69) is 25.0 Å². The van der Waals surface area contributed by atoms with Gasteiger partial charge in [-0.2, -0.15) is 15.1 Å². The number of benzene rings is 2. The third kappa shape index (κ3) is 5.10. The van der Waals surface area contributed by atoms with Crippen LogP contribution in [0.15, 0.2) is 24.4 Å².